The summed E-state index contributed by atoms with van der Waals surface area (Å²) in [6, 6.07) is 14.9. The molecule has 4 heterocycles. The van der Waals surface area contributed by atoms with Crippen LogP contribution >= 0.6 is 0 Å². The van der Waals surface area contributed by atoms with E-state index < -0.39 is 29.7 Å². The van der Waals surface area contributed by atoms with Crippen LogP contribution in [0.15, 0.2) is 84.6 Å². The number of hydrogen-bond acceptors (Lipinski definition) is 8. The molecule has 2 aliphatic rings. The van der Waals surface area contributed by atoms with Gasteiger partial charge in [-0.15, -0.1) is 0 Å². The molecule has 1 saturated heterocycles. The molecule has 1 fully saturated rings. The molecule has 0 aliphatic carbocycles. The molecule has 1 unspecified atom stereocenters. The largest absolute Gasteiger partial charge is 0.478 e. The van der Waals surface area contributed by atoms with Gasteiger partial charge in [0, 0.05) is 49.2 Å². The van der Waals surface area contributed by atoms with Crippen molar-refractivity contribution < 1.29 is 23.5 Å². The van der Waals surface area contributed by atoms with Crippen LogP contribution in [0.4, 0.5) is 14.7 Å². The number of hydrogen-bond donors (Lipinski definition) is 2. The number of amides is 1. The summed E-state index contributed by atoms with van der Waals surface area (Å²) >= 11 is 0. The molecule has 11 nitrogen and oxygen atoms in total. The Hall–Kier alpha value is -5.46. The lowest BCUT2D eigenvalue weighted by atomic mass is 9.94. The SMILES string of the molecule is Cn1nnnc1N1CCC(N2C(c3cccc(F)c3)=CC=C(C(=O)O)C2NC(=O)c2ccc(-c3cccc(F)c3)nc2)CC1. The molecule has 4 aromatic rings. The standard InChI is InChI=1S/C31H28F2N8O3/c1-39-31(36-37-38-39)40-14-12-24(13-15-40)41-27(20-5-3-7-23(33)17-20)11-9-25(30(43)44)28(41)35-29(42)21-8-10-26(34-18-21)19-4-2-6-22(32)16-19/h2-11,16-18,24,28H,12-15H2,1H3,(H,35,42)(H,43,44). The number of carboxylic acid groups (broad SMARTS) is 1. The van der Waals surface area contributed by atoms with Crippen molar-refractivity contribution in [1.82, 2.24) is 35.4 Å². The van der Waals surface area contributed by atoms with Crippen LogP contribution in [-0.4, -0.2) is 72.4 Å². The van der Waals surface area contributed by atoms with Crippen LogP contribution < -0.4 is 10.2 Å². The van der Waals surface area contributed by atoms with Gasteiger partial charge in [-0.05, 0) is 71.8 Å². The predicted molar refractivity (Wildman–Crippen MR) is 157 cm³/mol. The molecular formula is C31H28F2N8O3. The summed E-state index contributed by atoms with van der Waals surface area (Å²) in [6.07, 6.45) is 4.55. The minimum Gasteiger partial charge on any atom is -0.478 e. The third kappa shape index (κ3) is 5.76. The van der Waals surface area contributed by atoms with Crippen LogP contribution in [0, 0.1) is 11.6 Å². The van der Waals surface area contributed by atoms with E-state index in [2.05, 4.69) is 25.8 Å². The van der Waals surface area contributed by atoms with Crippen LogP contribution in [0.25, 0.3) is 17.0 Å². The number of halogens is 2. The van der Waals surface area contributed by atoms with E-state index in [1.165, 1.54) is 36.5 Å². The fourth-order valence-corrected chi connectivity index (χ4v) is 5.66. The fraction of sp³-hybridized carbons (Fsp3) is 0.226. The monoisotopic (exact) mass is 598 g/mol. The number of carbonyl (C=O) groups excluding carboxylic acids is 1. The third-order valence-electron chi connectivity index (χ3n) is 7.79. The first-order valence-electron chi connectivity index (χ1n) is 14.0. The molecule has 0 spiro atoms. The summed E-state index contributed by atoms with van der Waals surface area (Å²) in [5, 5.41) is 24.8. The van der Waals surface area contributed by atoms with Crippen molar-refractivity contribution in [3.8, 4) is 11.3 Å². The molecule has 13 heteroatoms. The second-order valence-electron chi connectivity index (χ2n) is 10.5. The number of benzene rings is 2. The molecule has 2 aromatic heterocycles. The highest BCUT2D eigenvalue weighted by Gasteiger charge is 2.39. The van der Waals surface area contributed by atoms with E-state index in [9.17, 15) is 23.5 Å². The zero-order chi connectivity index (χ0) is 30.8. The molecule has 0 bridgehead atoms. The van der Waals surface area contributed by atoms with Gasteiger partial charge in [-0.2, -0.15) is 0 Å². The number of nitrogens with zero attached hydrogens (tertiary/aromatic N) is 7. The number of aliphatic carboxylic acids is 1. The molecule has 0 radical (unpaired) electrons. The van der Waals surface area contributed by atoms with Crippen molar-refractivity contribution in [3.63, 3.8) is 0 Å². The summed E-state index contributed by atoms with van der Waals surface area (Å²) in [6.45, 7) is 1.15. The Bertz CT molecular complexity index is 1760. The van der Waals surface area contributed by atoms with Crippen LogP contribution in [0.5, 0.6) is 0 Å². The molecule has 1 amide bonds. The quantitative estimate of drug-likeness (QED) is 0.328. The first-order valence-corrected chi connectivity index (χ1v) is 14.0. The Labute approximate surface area is 251 Å². The maximum Gasteiger partial charge on any atom is 0.335 e. The Balaban J connectivity index is 1.31. The molecular weight excluding hydrogens is 570 g/mol. The molecule has 2 aliphatic heterocycles. The predicted octanol–water partition coefficient (Wildman–Crippen LogP) is 3.64. The number of pyridine rings is 1. The smallest absolute Gasteiger partial charge is 0.335 e. The molecule has 6 rings (SSSR count). The van der Waals surface area contributed by atoms with Gasteiger partial charge in [0.15, 0.2) is 0 Å². The summed E-state index contributed by atoms with van der Waals surface area (Å²) in [5.41, 5.74) is 2.32. The summed E-state index contributed by atoms with van der Waals surface area (Å²) in [4.78, 5) is 34.3. The zero-order valence-electron chi connectivity index (χ0n) is 23.6. The van der Waals surface area contributed by atoms with Crippen molar-refractivity contribution >= 4 is 23.5 Å². The Morgan fingerprint density at radius 2 is 1.66 bits per heavy atom. The molecule has 2 aromatic carbocycles. The topological polar surface area (TPSA) is 129 Å². The highest BCUT2D eigenvalue weighted by molar-refractivity contribution is 5.97. The van der Waals surface area contributed by atoms with Gasteiger partial charge in [-0.1, -0.05) is 29.4 Å². The molecule has 44 heavy (non-hydrogen) atoms. The number of nitrogens with one attached hydrogen (secondary N) is 1. The first-order chi connectivity index (χ1) is 21.3. The Kier molecular flexibility index (Phi) is 7.84. The number of carboxylic acids is 1. The van der Waals surface area contributed by atoms with E-state index >= 15 is 0 Å². The van der Waals surface area contributed by atoms with E-state index in [4.69, 9.17) is 0 Å². The Morgan fingerprint density at radius 1 is 0.955 bits per heavy atom. The second kappa shape index (κ2) is 12.0. The Morgan fingerprint density at radius 3 is 2.27 bits per heavy atom. The summed E-state index contributed by atoms with van der Waals surface area (Å²) in [5.74, 6) is -1.97. The number of tetrazole rings is 1. The lowest BCUT2D eigenvalue weighted by Gasteiger charge is -2.46. The molecule has 2 N–H and O–H groups in total. The van der Waals surface area contributed by atoms with Gasteiger partial charge in [-0.3, -0.25) is 9.78 Å². The second-order valence-corrected chi connectivity index (χ2v) is 10.5. The van der Waals surface area contributed by atoms with E-state index in [1.807, 2.05) is 9.80 Å². The molecule has 1 atom stereocenters. The lowest BCUT2D eigenvalue weighted by molar-refractivity contribution is -0.133. The van der Waals surface area contributed by atoms with Crippen LogP contribution in [0.3, 0.4) is 0 Å². The van der Waals surface area contributed by atoms with Gasteiger partial charge in [0.1, 0.15) is 17.8 Å². The molecule has 224 valence electrons. The van der Waals surface area contributed by atoms with Gasteiger partial charge in [0.25, 0.3) is 5.91 Å². The van der Waals surface area contributed by atoms with E-state index in [0.29, 0.717) is 54.4 Å². The summed E-state index contributed by atoms with van der Waals surface area (Å²) < 4.78 is 29.7. The van der Waals surface area contributed by atoms with E-state index in [0.717, 1.165) is 0 Å². The highest BCUT2D eigenvalue weighted by Crippen LogP contribution is 2.35. The van der Waals surface area contributed by atoms with Gasteiger partial charge in [0.2, 0.25) is 5.95 Å². The van der Waals surface area contributed by atoms with Gasteiger partial charge >= 0.3 is 5.97 Å². The minimum absolute atomic E-state index is 0.0391. The van der Waals surface area contributed by atoms with Crippen molar-refractivity contribution in [3.05, 3.63) is 107 Å². The number of allylic oxidation sites excluding steroid dienone is 2. The van der Waals surface area contributed by atoms with Crippen molar-refractivity contribution in [2.24, 2.45) is 7.05 Å². The van der Waals surface area contributed by atoms with Crippen molar-refractivity contribution in [2.75, 3.05) is 18.0 Å². The van der Waals surface area contributed by atoms with E-state index in [-0.39, 0.29) is 17.2 Å². The van der Waals surface area contributed by atoms with Crippen LogP contribution in [0.1, 0.15) is 28.8 Å². The number of anilines is 1. The number of carbonyl (C=O) groups is 2. The minimum atomic E-state index is -1.20. The number of aryl methyl sites for hydroxylation is 1. The average Bonchev–Trinajstić information content (AvgIpc) is 3.46. The highest BCUT2D eigenvalue weighted by atomic mass is 19.1. The number of aromatic nitrogens is 5. The van der Waals surface area contributed by atoms with Gasteiger partial charge < -0.3 is 20.2 Å². The fourth-order valence-electron chi connectivity index (χ4n) is 5.66. The van der Waals surface area contributed by atoms with Crippen molar-refractivity contribution in [2.45, 2.75) is 25.0 Å². The summed E-state index contributed by atoms with van der Waals surface area (Å²) in [7, 11) is 1.76. The van der Waals surface area contributed by atoms with Crippen LogP contribution in [-0.2, 0) is 11.8 Å². The van der Waals surface area contributed by atoms with Crippen molar-refractivity contribution in [1.29, 1.82) is 0 Å². The zero-order valence-corrected chi connectivity index (χ0v) is 23.6. The number of piperidine rings is 1. The third-order valence-corrected chi connectivity index (χ3v) is 7.79. The molecule has 0 saturated carbocycles. The average molecular weight is 599 g/mol. The van der Waals surface area contributed by atoms with E-state index in [1.54, 1.807) is 54.2 Å². The van der Waals surface area contributed by atoms with Crippen LogP contribution in [0.2, 0.25) is 0 Å². The van der Waals surface area contributed by atoms with Gasteiger partial charge in [0.05, 0.1) is 16.8 Å². The maximum absolute atomic E-state index is 14.4. The first kappa shape index (κ1) is 28.6. The van der Waals surface area contributed by atoms with Gasteiger partial charge in [-0.25, -0.2) is 18.3 Å². The number of rotatable bonds is 7. The maximum atomic E-state index is 14.4. The normalized spacial score (nSPS) is 17.2. The lowest BCUT2D eigenvalue weighted by Crippen LogP contribution is -2.57.